The van der Waals surface area contributed by atoms with Gasteiger partial charge in [-0.3, -0.25) is 9.59 Å². The van der Waals surface area contributed by atoms with Crippen LogP contribution in [0, 0.1) is 5.41 Å². The van der Waals surface area contributed by atoms with Gasteiger partial charge in [-0.25, -0.2) is 5.48 Å². The second-order valence-electron chi connectivity index (χ2n) is 8.95. The van der Waals surface area contributed by atoms with Crippen molar-refractivity contribution in [3.63, 3.8) is 0 Å². The van der Waals surface area contributed by atoms with Crippen LogP contribution in [0.3, 0.4) is 0 Å². The van der Waals surface area contributed by atoms with Crippen LogP contribution in [0.15, 0.2) is 0 Å². The summed E-state index contributed by atoms with van der Waals surface area (Å²) in [5, 5.41) is 0. The maximum atomic E-state index is 12.0. The molecule has 0 unspecified atom stereocenters. The minimum Gasteiger partial charge on any atom is -0.343 e. The van der Waals surface area contributed by atoms with Crippen LogP contribution in [-0.2, 0) is 14.4 Å². The van der Waals surface area contributed by atoms with Gasteiger partial charge in [0.1, 0.15) is 0 Å². The Bertz CT molecular complexity index is 442. The first-order valence-corrected chi connectivity index (χ1v) is 12.6. The number of hydrogen-bond acceptors (Lipinski definition) is 4. The summed E-state index contributed by atoms with van der Waals surface area (Å²) in [4.78, 5) is 32.6. The number of carbonyl (C=O) groups excluding carboxylic acids is 2. The van der Waals surface area contributed by atoms with Crippen molar-refractivity contribution < 1.29 is 14.4 Å². The SMILES string of the molecule is CCCCC(=O)N(CC)CC(C)(C)CONC.CCCCCCN(CC)C(=O)CCC. The predicted octanol–water partition coefficient (Wildman–Crippen LogP) is 5.42. The highest BCUT2D eigenvalue weighted by Crippen LogP contribution is 2.18. The van der Waals surface area contributed by atoms with Gasteiger partial charge in [0.05, 0.1) is 6.61 Å². The van der Waals surface area contributed by atoms with Crippen molar-refractivity contribution in [2.45, 2.75) is 106 Å². The molecule has 0 aliphatic rings. The summed E-state index contributed by atoms with van der Waals surface area (Å²) >= 11 is 0. The second kappa shape index (κ2) is 20.7. The normalized spacial score (nSPS) is 11.0. The molecule has 31 heavy (non-hydrogen) atoms. The minimum atomic E-state index is -0.0269. The number of carbonyl (C=O) groups is 2. The number of hydroxylamine groups is 1. The summed E-state index contributed by atoms with van der Waals surface area (Å²) in [6.45, 7) is 18.6. The Labute approximate surface area is 193 Å². The molecular weight excluding hydrogens is 390 g/mol. The van der Waals surface area contributed by atoms with Crippen LogP contribution in [0.1, 0.15) is 106 Å². The van der Waals surface area contributed by atoms with Gasteiger partial charge in [0.25, 0.3) is 0 Å². The number of unbranched alkanes of at least 4 members (excludes halogenated alkanes) is 4. The minimum absolute atomic E-state index is 0.0269. The van der Waals surface area contributed by atoms with Gasteiger partial charge < -0.3 is 14.6 Å². The van der Waals surface area contributed by atoms with Crippen LogP contribution < -0.4 is 5.48 Å². The summed E-state index contributed by atoms with van der Waals surface area (Å²) in [5.41, 5.74) is 2.65. The van der Waals surface area contributed by atoms with Gasteiger partial charge in [-0.05, 0) is 33.1 Å². The van der Waals surface area contributed by atoms with E-state index in [1.165, 1.54) is 19.3 Å². The number of rotatable bonds is 17. The lowest BCUT2D eigenvalue weighted by Gasteiger charge is -2.31. The highest BCUT2D eigenvalue weighted by atomic mass is 16.6. The third kappa shape index (κ3) is 18.2. The van der Waals surface area contributed by atoms with Gasteiger partial charge in [0, 0.05) is 51.5 Å². The van der Waals surface area contributed by atoms with E-state index in [4.69, 9.17) is 4.84 Å². The fourth-order valence-electron chi connectivity index (χ4n) is 3.25. The molecular formula is C25H53N3O3. The monoisotopic (exact) mass is 443 g/mol. The van der Waals surface area contributed by atoms with Gasteiger partial charge >= 0.3 is 0 Å². The second-order valence-corrected chi connectivity index (χ2v) is 8.95. The van der Waals surface area contributed by atoms with Gasteiger partial charge in [-0.2, -0.15) is 0 Å². The van der Waals surface area contributed by atoms with Crippen LogP contribution >= 0.6 is 0 Å². The van der Waals surface area contributed by atoms with E-state index in [1.54, 1.807) is 7.05 Å². The van der Waals surface area contributed by atoms with E-state index in [2.05, 4.69) is 47.0 Å². The first-order valence-electron chi connectivity index (χ1n) is 12.6. The number of nitrogens with zero attached hydrogens (tertiary/aromatic N) is 2. The van der Waals surface area contributed by atoms with E-state index in [0.29, 0.717) is 25.4 Å². The summed E-state index contributed by atoms with van der Waals surface area (Å²) in [6.07, 6.45) is 9.34. The molecule has 0 bridgehead atoms. The molecule has 186 valence electrons. The molecule has 0 aromatic rings. The Hall–Kier alpha value is -1.14. The van der Waals surface area contributed by atoms with Crippen molar-refractivity contribution in [3.8, 4) is 0 Å². The molecule has 0 saturated carbocycles. The van der Waals surface area contributed by atoms with Crippen LogP contribution in [0.5, 0.6) is 0 Å². The molecule has 0 aliphatic heterocycles. The summed E-state index contributed by atoms with van der Waals surface area (Å²) in [5.74, 6) is 0.582. The third-order valence-electron chi connectivity index (χ3n) is 5.18. The molecule has 0 fully saturated rings. The summed E-state index contributed by atoms with van der Waals surface area (Å²) < 4.78 is 0. The molecule has 6 nitrogen and oxygen atoms in total. The molecule has 0 aromatic heterocycles. The van der Waals surface area contributed by atoms with Crippen molar-refractivity contribution in [1.82, 2.24) is 15.3 Å². The van der Waals surface area contributed by atoms with E-state index in [-0.39, 0.29) is 11.3 Å². The Morgan fingerprint density at radius 2 is 1.35 bits per heavy atom. The smallest absolute Gasteiger partial charge is 0.222 e. The molecule has 0 heterocycles. The zero-order valence-electron chi connectivity index (χ0n) is 22.0. The van der Waals surface area contributed by atoms with Crippen molar-refractivity contribution in [3.05, 3.63) is 0 Å². The topological polar surface area (TPSA) is 61.9 Å². The van der Waals surface area contributed by atoms with Crippen LogP contribution in [0.4, 0.5) is 0 Å². The molecule has 2 amide bonds. The molecule has 0 radical (unpaired) electrons. The standard InChI is InChI=1S/C13H28N2O2.C12H25NO/c1-6-8-9-12(16)15(7-2)10-13(3,4)11-17-14-5;1-4-7-8-9-11-13(6-3)12(14)10-5-2/h14H,6-11H2,1-5H3;4-11H2,1-3H3. The molecule has 0 rings (SSSR count). The molecule has 0 spiro atoms. The Morgan fingerprint density at radius 1 is 0.774 bits per heavy atom. The molecule has 0 aliphatic carbocycles. The third-order valence-corrected chi connectivity index (χ3v) is 5.18. The van der Waals surface area contributed by atoms with Gasteiger partial charge in [0.15, 0.2) is 0 Å². The Kier molecular flexibility index (Phi) is 21.4. The van der Waals surface area contributed by atoms with E-state index >= 15 is 0 Å². The first kappa shape index (κ1) is 32.0. The zero-order chi connectivity index (χ0) is 24.1. The van der Waals surface area contributed by atoms with Crippen molar-refractivity contribution in [2.24, 2.45) is 5.41 Å². The summed E-state index contributed by atoms with van der Waals surface area (Å²) in [6, 6.07) is 0. The molecule has 0 aromatic carbocycles. The fraction of sp³-hybridized carbons (Fsp3) is 0.920. The highest BCUT2D eigenvalue weighted by molar-refractivity contribution is 5.76. The average Bonchev–Trinajstić information content (AvgIpc) is 2.75. The molecule has 1 N–H and O–H groups in total. The highest BCUT2D eigenvalue weighted by Gasteiger charge is 2.24. The van der Waals surface area contributed by atoms with E-state index in [1.807, 2.05) is 16.7 Å². The number of hydrogen-bond donors (Lipinski definition) is 1. The van der Waals surface area contributed by atoms with Crippen molar-refractivity contribution in [2.75, 3.05) is 39.8 Å². The quantitative estimate of drug-likeness (QED) is 0.241. The number of amides is 2. The average molecular weight is 444 g/mol. The summed E-state index contributed by atoms with van der Waals surface area (Å²) in [7, 11) is 1.75. The zero-order valence-corrected chi connectivity index (χ0v) is 22.0. The lowest BCUT2D eigenvalue weighted by Crippen LogP contribution is -2.41. The lowest BCUT2D eigenvalue weighted by atomic mass is 9.94. The van der Waals surface area contributed by atoms with Crippen molar-refractivity contribution >= 4 is 11.8 Å². The van der Waals surface area contributed by atoms with Crippen molar-refractivity contribution in [1.29, 1.82) is 0 Å². The predicted molar refractivity (Wildman–Crippen MR) is 132 cm³/mol. The van der Waals surface area contributed by atoms with Crippen LogP contribution in [0.25, 0.3) is 0 Å². The van der Waals surface area contributed by atoms with E-state index in [0.717, 1.165) is 51.9 Å². The van der Waals surface area contributed by atoms with Gasteiger partial charge in [-0.15, -0.1) is 0 Å². The largest absolute Gasteiger partial charge is 0.343 e. The molecule has 0 saturated heterocycles. The lowest BCUT2D eigenvalue weighted by molar-refractivity contribution is -0.133. The van der Waals surface area contributed by atoms with Crippen LogP contribution in [0.2, 0.25) is 0 Å². The van der Waals surface area contributed by atoms with Gasteiger partial charge in [-0.1, -0.05) is 60.3 Å². The molecule has 6 heteroatoms. The first-order chi connectivity index (χ1) is 14.7. The Balaban J connectivity index is 0. The maximum absolute atomic E-state index is 12.0. The Morgan fingerprint density at radius 3 is 1.84 bits per heavy atom. The van der Waals surface area contributed by atoms with E-state index in [9.17, 15) is 9.59 Å². The maximum Gasteiger partial charge on any atom is 0.222 e. The molecule has 0 atom stereocenters. The fourth-order valence-corrected chi connectivity index (χ4v) is 3.25. The van der Waals surface area contributed by atoms with Gasteiger partial charge in [0.2, 0.25) is 11.8 Å². The van der Waals surface area contributed by atoms with E-state index < -0.39 is 0 Å². The van der Waals surface area contributed by atoms with Crippen LogP contribution in [-0.4, -0.2) is 61.4 Å². The number of nitrogens with one attached hydrogen (secondary N) is 1.